The third-order valence-electron chi connectivity index (χ3n) is 3.50. The van der Waals surface area contributed by atoms with E-state index in [1.165, 1.54) is 27.1 Å². The minimum absolute atomic E-state index is 1.06. The molecule has 0 atom stereocenters. The van der Waals surface area contributed by atoms with Crippen LogP contribution in [-0.2, 0) is 0 Å². The average Bonchev–Trinajstić information content (AvgIpc) is 2.61. The first-order valence-electron chi connectivity index (χ1n) is 8.49. The van der Waals surface area contributed by atoms with Crippen molar-refractivity contribution >= 4 is 23.4 Å². The van der Waals surface area contributed by atoms with Gasteiger partial charge in [-0.2, -0.15) is 0 Å². The van der Waals surface area contributed by atoms with Gasteiger partial charge < -0.3 is 0 Å². The molecule has 0 saturated carbocycles. The van der Waals surface area contributed by atoms with Crippen LogP contribution in [0.4, 0.5) is 0 Å². The molecule has 0 bridgehead atoms. The highest BCUT2D eigenvalue weighted by Gasteiger charge is 1.98. The molecule has 0 nitrogen and oxygen atoms in total. The molecule has 0 aliphatic carbocycles. The summed E-state index contributed by atoms with van der Waals surface area (Å²) in [6, 6.07) is 21.2. The van der Waals surface area contributed by atoms with Crippen LogP contribution in [-0.4, -0.2) is 0 Å². The maximum atomic E-state index is 4.08. The minimum atomic E-state index is 1.06. The van der Waals surface area contributed by atoms with E-state index in [2.05, 4.69) is 68.1 Å². The van der Waals surface area contributed by atoms with E-state index < -0.39 is 0 Å². The second kappa shape index (κ2) is 9.63. The molecule has 3 aromatic rings. The van der Waals surface area contributed by atoms with Crippen LogP contribution >= 0.6 is 0 Å². The number of rotatable bonds is 1. The largest absolute Gasteiger partial charge is 0.0912 e. The summed E-state index contributed by atoms with van der Waals surface area (Å²) >= 11 is 0. The molecule has 0 heterocycles. The van der Waals surface area contributed by atoms with Gasteiger partial charge in [-0.1, -0.05) is 88.9 Å². The summed E-state index contributed by atoms with van der Waals surface area (Å²) in [7, 11) is 0. The Morgan fingerprint density at radius 1 is 0.739 bits per heavy atom. The normalized spacial score (nSPS) is 10.4. The first-order chi connectivity index (χ1) is 11.2. The smallest absolute Gasteiger partial charge is 0.0178 e. The molecule has 0 amide bonds. The fraction of sp³-hybridized carbons (Fsp3) is 0.217. The van der Waals surface area contributed by atoms with Gasteiger partial charge in [0.2, 0.25) is 0 Å². The maximum Gasteiger partial charge on any atom is -0.0178 e. The van der Waals surface area contributed by atoms with Gasteiger partial charge >= 0.3 is 0 Å². The van der Waals surface area contributed by atoms with Crippen molar-refractivity contribution in [2.24, 2.45) is 0 Å². The zero-order valence-corrected chi connectivity index (χ0v) is 15.1. The van der Waals surface area contributed by atoms with E-state index in [1.807, 2.05) is 39.8 Å². The Balaban J connectivity index is 0.000000615. The van der Waals surface area contributed by atoms with Crippen molar-refractivity contribution in [2.45, 2.75) is 34.6 Å². The highest BCUT2D eigenvalue weighted by molar-refractivity contribution is 5.85. The highest BCUT2D eigenvalue weighted by Crippen LogP contribution is 2.19. The van der Waals surface area contributed by atoms with Gasteiger partial charge in [-0.15, -0.1) is 0 Å². The molecule has 0 radical (unpaired) electrons. The van der Waals surface area contributed by atoms with Gasteiger partial charge in [0.15, 0.2) is 0 Å². The summed E-state index contributed by atoms with van der Waals surface area (Å²) in [6.45, 7) is 14.2. The minimum Gasteiger partial charge on any atom is -0.0912 e. The molecule has 0 spiro atoms. The molecule has 0 saturated heterocycles. The van der Waals surface area contributed by atoms with Crippen LogP contribution in [0.3, 0.4) is 0 Å². The third-order valence-corrected chi connectivity index (χ3v) is 3.50. The molecular weight excluding hydrogens is 276 g/mol. The van der Waals surface area contributed by atoms with Crippen molar-refractivity contribution in [1.82, 2.24) is 0 Å². The summed E-state index contributed by atoms with van der Waals surface area (Å²) in [5, 5.41) is 4.82. The molecule has 0 unspecified atom stereocenters. The van der Waals surface area contributed by atoms with Gasteiger partial charge in [-0.25, -0.2) is 0 Å². The number of fused-ring (bicyclic) bond motifs is 1. The Bertz CT molecular complexity index is 841. The van der Waals surface area contributed by atoms with Crippen molar-refractivity contribution in [3.63, 3.8) is 0 Å². The van der Waals surface area contributed by atoms with E-state index in [1.54, 1.807) is 0 Å². The molecule has 0 aromatic heterocycles. The Kier molecular flexibility index (Phi) is 7.83. The molecule has 0 N–H and O–H groups in total. The molecule has 0 fully saturated rings. The lowest BCUT2D eigenvalue weighted by Crippen LogP contribution is -2.21. The van der Waals surface area contributed by atoms with Crippen LogP contribution in [0.15, 0.2) is 60.7 Å². The Morgan fingerprint density at radius 2 is 1.26 bits per heavy atom. The van der Waals surface area contributed by atoms with Gasteiger partial charge in [-0.05, 0) is 51.4 Å². The topological polar surface area (TPSA) is 0 Å². The first kappa shape index (κ1) is 18.7. The molecule has 3 rings (SSSR count). The maximum absolute atomic E-state index is 4.08. The molecule has 0 heteroatoms. The Labute approximate surface area is 140 Å². The van der Waals surface area contributed by atoms with Crippen LogP contribution in [0.1, 0.15) is 38.8 Å². The van der Waals surface area contributed by atoms with Crippen LogP contribution in [0, 0.1) is 6.92 Å². The third kappa shape index (κ3) is 4.82. The zero-order chi connectivity index (χ0) is 17.2. The zero-order valence-electron chi connectivity index (χ0n) is 15.1. The van der Waals surface area contributed by atoms with E-state index in [4.69, 9.17) is 0 Å². The van der Waals surface area contributed by atoms with Gasteiger partial charge in [0.25, 0.3) is 0 Å². The summed E-state index contributed by atoms with van der Waals surface area (Å²) in [5.74, 6) is 0. The molecule has 3 aromatic carbocycles. The Morgan fingerprint density at radius 3 is 1.87 bits per heavy atom. The van der Waals surface area contributed by atoms with E-state index in [9.17, 15) is 0 Å². The number of benzene rings is 3. The quantitative estimate of drug-likeness (QED) is 0.561. The predicted octanol–water partition coefficient (Wildman–Crippen LogP) is 5.44. The monoisotopic (exact) mass is 304 g/mol. The molecular formula is C23H28. The van der Waals surface area contributed by atoms with E-state index in [0.717, 1.165) is 5.22 Å². The molecule has 23 heavy (non-hydrogen) atoms. The number of hydrogen-bond donors (Lipinski definition) is 0. The van der Waals surface area contributed by atoms with Crippen molar-refractivity contribution in [2.75, 3.05) is 0 Å². The van der Waals surface area contributed by atoms with Gasteiger partial charge in [0.05, 0.1) is 0 Å². The summed E-state index contributed by atoms with van der Waals surface area (Å²) in [4.78, 5) is 0. The SMILES string of the molecule is C=c1cccc/c1=C/c1cc2ccccc2cc1C.CC.CC. The van der Waals surface area contributed by atoms with Crippen LogP contribution in [0.25, 0.3) is 23.4 Å². The fourth-order valence-corrected chi connectivity index (χ4v) is 2.37. The highest BCUT2D eigenvalue weighted by atomic mass is 14.0. The molecule has 0 aliphatic heterocycles. The van der Waals surface area contributed by atoms with Crippen LogP contribution in [0.2, 0.25) is 0 Å². The van der Waals surface area contributed by atoms with Gasteiger partial charge in [0, 0.05) is 0 Å². The van der Waals surface area contributed by atoms with E-state index >= 15 is 0 Å². The van der Waals surface area contributed by atoms with Crippen molar-refractivity contribution in [1.29, 1.82) is 0 Å². The predicted molar refractivity (Wildman–Crippen MR) is 106 cm³/mol. The molecule has 120 valence electrons. The average molecular weight is 304 g/mol. The van der Waals surface area contributed by atoms with E-state index in [0.29, 0.717) is 0 Å². The standard InChI is InChI=1S/C19H16.2C2H6/c1-14-7-3-4-8-16(14)12-19-13-18-10-6-5-9-17(18)11-15(19)2;2*1-2/h3-13H,1H2,2H3;2*1-2H3/b16-12-;;. The second-order valence-electron chi connectivity index (χ2n) is 4.90. The van der Waals surface area contributed by atoms with E-state index in [-0.39, 0.29) is 0 Å². The number of hydrogen-bond acceptors (Lipinski definition) is 0. The van der Waals surface area contributed by atoms with Crippen LogP contribution < -0.4 is 10.4 Å². The first-order valence-corrected chi connectivity index (χ1v) is 8.49. The summed E-state index contributed by atoms with van der Waals surface area (Å²) in [6.07, 6.45) is 2.21. The summed E-state index contributed by atoms with van der Waals surface area (Å²) < 4.78 is 0. The van der Waals surface area contributed by atoms with Gasteiger partial charge in [-0.3, -0.25) is 0 Å². The lowest BCUT2D eigenvalue weighted by Gasteiger charge is -2.04. The van der Waals surface area contributed by atoms with Crippen molar-refractivity contribution in [3.05, 3.63) is 82.2 Å². The fourth-order valence-electron chi connectivity index (χ4n) is 2.37. The Hall–Kier alpha value is -2.34. The van der Waals surface area contributed by atoms with Gasteiger partial charge in [0.1, 0.15) is 0 Å². The molecule has 0 aliphatic rings. The second-order valence-corrected chi connectivity index (χ2v) is 4.90. The van der Waals surface area contributed by atoms with Crippen LogP contribution in [0.5, 0.6) is 0 Å². The van der Waals surface area contributed by atoms with Crippen molar-refractivity contribution < 1.29 is 0 Å². The summed E-state index contributed by atoms with van der Waals surface area (Å²) in [5.41, 5.74) is 2.55. The van der Waals surface area contributed by atoms with Crippen molar-refractivity contribution in [3.8, 4) is 0 Å². The lowest BCUT2D eigenvalue weighted by atomic mass is 10.0. The number of aryl methyl sites for hydroxylation is 1. The lowest BCUT2D eigenvalue weighted by molar-refractivity contribution is 1.45.